The molecule has 1 aliphatic heterocycles. The summed E-state index contributed by atoms with van der Waals surface area (Å²) in [5.74, 6) is 0. The van der Waals surface area contributed by atoms with E-state index in [0.29, 0.717) is 0 Å². The smallest absolute Gasteiger partial charge is 0.127 e. The summed E-state index contributed by atoms with van der Waals surface area (Å²) in [4.78, 5) is 3.56. The molecule has 1 fully saturated rings. The summed E-state index contributed by atoms with van der Waals surface area (Å²) in [6.45, 7) is 11.2. The summed E-state index contributed by atoms with van der Waals surface area (Å²) in [5.41, 5.74) is 1.46. The maximum absolute atomic E-state index is 2.39. The summed E-state index contributed by atoms with van der Waals surface area (Å²) >= 11 is 0. The van der Waals surface area contributed by atoms with E-state index in [1.165, 1.54) is 44.8 Å². The number of nitrogens with zero attached hydrogens (tertiary/aromatic N) is 1. The molecule has 2 N–H and O–H groups in total. The molecule has 0 amide bonds. The minimum absolute atomic E-state index is 0.839. The maximum atomic E-state index is 2.39. The molecule has 17 heavy (non-hydrogen) atoms. The second kappa shape index (κ2) is 5.69. The van der Waals surface area contributed by atoms with Crippen molar-refractivity contribution in [2.45, 2.75) is 32.9 Å². The van der Waals surface area contributed by atoms with Crippen LogP contribution in [0.5, 0.6) is 0 Å². The highest BCUT2D eigenvalue weighted by molar-refractivity contribution is 5.04. The fourth-order valence-electron chi connectivity index (χ4n) is 2.82. The predicted octanol–water partition coefficient (Wildman–Crippen LogP) is -0.893. The van der Waals surface area contributed by atoms with E-state index in [-0.39, 0.29) is 0 Å². The third kappa shape index (κ3) is 3.11. The zero-order valence-electron chi connectivity index (χ0n) is 11.5. The zero-order valence-corrected chi connectivity index (χ0v) is 11.5. The Morgan fingerprint density at radius 3 is 2.53 bits per heavy atom. The lowest BCUT2D eigenvalue weighted by molar-refractivity contribution is -1.03. The molecule has 0 saturated carbocycles. The Labute approximate surface area is 105 Å². The van der Waals surface area contributed by atoms with Gasteiger partial charge in [0, 0.05) is 13.2 Å². The standard InChI is InChI=1S/C14H25N3/c1-4-13(2)17-10-8-16(9-11-17)12-14-6-5-7-15(14)3/h5-7,13H,4,8-12H2,1-3H3/p+2/t13-/m1/s1. The van der Waals surface area contributed by atoms with Crippen molar-refractivity contribution in [3.05, 3.63) is 24.0 Å². The van der Waals surface area contributed by atoms with E-state index < -0.39 is 0 Å². The summed E-state index contributed by atoms with van der Waals surface area (Å²) in [6, 6.07) is 5.24. The van der Waals surface area contributed by atoms with Gasteiger partial charge in [0.1, 0.15) is 32.7 Å². The molecule has 2 heterocycles. The normalized spacial score (nSPS) is 27.0. The first-order chi connectivity index (χ1) is 8.20. The van der Waals surface area contributed by atoms with Crippen LogP contribution in [0.25, 0.3) is 0 Å². The lowest BCUT2D eigenvalue weighted by Crippen LogP contribution is -3.29. The van der Waals surface area contributed by atoms with Gasteiger partial charge in [-0.25, -0.2) is 0 Å². The van der Waals surface area contributed by atoms with Gasteiger partial charge in [0.05, 0.1) is 11.7 Å². The molecule has 96 valence electrons. The number of aryl methyl sites for hydroxylation is 1. The number of hydrogen-bond acceptors (Lipinski definition) is 0. The Balaban J connectivity index is 1.81. The molecule has 1 aromatic heterocycles. The quantitative estimate of drug-likeness (QED) is 0.675. The number of piperazine rings is 1. The van der Waals surface area contributed by atoms with Crippen molar-refractivity contribution < 1.29 is 9.80 Å². The first kappa shape index (κ1) is 12.7. The fourth-order valence-corrected chi connectivity index (χ4v) is 2.82. The van der Waals surface area contributed by atoms with Crippen molar-refractivity contribution in [2.75, 3.05) is 26.2 Å². The molecule has 0 bridgehead atoms. The van der Waals surface area contributed by atoms with E-state index in [1.54, 1.807) is 4.90 Å². The van der Waals surface area contributed by atoms with Crippen LogP contribution in [0.1, 0.15) is 26.0 Å². The first-order valence-electron chi connectivity index (χ1n) is 6.99. The number of nitrogens with one attached hydrogen (secondary N) is 2. The van der Waals surface area contributed by atoms with Crippen LogP contribution < -0.4 is 9.80 Å². The molecule has 1 aliphatic rings. The van der Waals surface area contributed by atoms with E-state index in [1.807, 2.05) is 4.90 Å². The van der Waals surface area contributed by atoms with Gasteiger partial charge in [0.15, 0.2) is 0 Å². The molecule has 0 radical (unpaired) electrons. The van der Waals surface area contributed by atoms with Gasteiger partial charge in [-0.15, -0.1) is 0 Å². The van der Waals surface area contributed by atoms with Crippen molar-refractivity contribution >= 4 is 0 Å². The average Bonchev–Trinajstić information content (AvgIpc) is 2.75. The second-order valence-electron chi connectivity index (χ2n) is 5.50. The van der Waals surface area contributed by atoms with Gasteiger partial charge in [0.2, 0.25) is 0 Å². The molecular formula is C14H27N3+2. The van der Waals surface area contributed by atoms with Crippen molar-refractivity contribution in [3.63, 3.8) is 0 Å². The third-order valence-electron chi connectivity index (χ3n) is 4.39. The SMILES string of the molecule is CC[C@@H](C)[NH+]1CC[NH+](Cc2cccn2C)CC1. The molecule has 1 aromatic rings. The summed E-state index contributed by atoms with van der Waals surface area (Å²) in [7, 11) is 2.15. The highest BCUT2D eigenvalue weighted by atomic mass is 15.3. The highest BCUT2D eigenvalue weighted by Crippen LogP contribution is 1.96. The molecule has 1 saturated heterocycles. The minimum atomic E-state index is 0.839. The molecule has 3 nitrogen and oxygen atoms in total. The van der Waals surface area contributed by atoms with Crippen LogP contribution >= 0.6 is 0 Å². The Kier molecular flexibility index (Phi) is 4.24. The van der Waals surface area contributed by atoms with Gasteiger partial charge in [-0.1, -0.05) is 6.92 Å². The Morgan fingerprint density at radius 2 is 2.00 bits per heavy atom. The molecule has 0 aliphatic carbocycles. The van der Waals surface area contributed by atoms with E-state index in [4.69, 9.17) is 0 Å². The van der Waals surface area contributed by atoms with E-state index in [9.17, 15) is 0 Å². The molecule has 0 spiro atoms. The molecule has 2 rings (SSSR count). The molecule has 0 aromatic carbocycles. The number of quaternary nitrogens is 2. The Hall–Kier alpha value is -0.800. The van der Waals surface area contributed by atoms with Crippen LogP contribution in [-0.4, -0.2) is 36.8 Å². The summed E-state index contributed by atoms with van der Waals surface area (Å²) < 4.78 is 2.25. The minimum Gasteiger partial charge on any atom is -0.350 e. The van der Waals surface area contributed by atoms with Gasteiger partial charge in [-0.05, 0) is 25.5 Å². The van der Waals surface area contributed by atoms with Crippen LogP contribution in [0.15, 0.2) is 18.3 Å². The second-order valence-corrected chi connectivity index (χ2v) is 5.50. The summed E-state index contributed by atoms with van der Waals surface area (Å²) in [5, 5.41) is 0. The van der Waals surface area contributed by atoms with Crippen LogP contribution in [0.4, 0.5) is 0 Å². The average molecular weight is 237 g/mol. The zero-order chi connectivity index (χ0) is 12.3. The highest BCUT2D eigenvalue weighted by Gasteiger charge is 2.26. The topological polar surface area (TPSA) is 13.8 Å². The van der Waals surface area contributed by atoms with Crippen LogP contribution in [0, 0.1) is 0 Å². The van der Waals surface area contributed by atoms with Crippen molar-refractivity contribution in [2.24, 2.45) is 7.05 Å². The lowest BCUT2D eigenvalue weighted by atomic mass is 10.2. The van der Waals surface area contributed by atoms with Gasteiger partial charge < -0.3 is 14.4 Å². The first-order valence-corrected chi connectivity index (χ1v) is 6.99. The van der Waals surface area contributed by atoms with Gasteiger partial charge in [0.25, 0.3) is 0 Å². The Bertz CT molecular complexity index is 337. The Morgan fingerprint density at radius 1 is 1.29 bits per heavy atom. The number of hydrogen-bond donors (Lipinski definition) is 2. The molecule has 3 heteroatoms. The van der Waals surface area contributed by atoms with E-state index in [2.05, 4.69) is 43.8 Å². The van der Waals surface area contributed by atoms with Crippen molar-refractivity contribution in [1.82, 2.24) is 4.57 Å². The predicted molar refractivity (Wildman–Crippen MR) is 70.3 cm³/mol. The monoisotopic (exact) mass is 237 g/mol. The molecule has 1 atom stereocenters. The number of rotatable bonds is 4. The van der Waals surface area contributed by atoms with Gasteiger partial charge in [-0.2, -0.15) is 0 Å². The lowest BCUT2D eigenvalue weighted by Gasteiger charge is -2.32. The van der Waals surface area contributed by atoms with Crippen molar-refractivity contribution in [1.29, 1.82) is 0 Å². The van der Waals surface area contributed by atoms with Gasteiger partial charge >= 0.3 is 0 Å². The molecular weight excluding hydrogens is 210 g/mol. The van der Waals surface area contributed by atoms with E-state index >= 15 is 0 Å². The summed E-state index contributed by atoms with van der Waals surface area (Å²) in [6.07, 6.45) is 3.46. The largest absolute Gasteiger partial charge is 0.350 e. The van der Waals surface area contributed by atoms with E-state index in [0.717, 1.165) is 6.04 Å². The van der Waals surface area contributed by atoms with Gasteiger partial charge in [-0.3, -0.25) is 0 Å². The molecule has 0 unspecified atom stereocenters. The van der Waals surface area contributed by atoms with Crippen LogP contribution in [0.3, 0.4) is 0 Å². The fraction of sp³-hybridized carbons (Fsp3) is 0.714. The van der Waals surface area contributed by atoms with Crippen molar-refractivity contribution in [3.8, 4) is 0 Å². The third-order valence-corrected chi connectivity index (χ3v) is 4.39. The maximum Gasteiger partial charge on any atom is 0.127 e. The number of aromatic nitrogens is 1. The van der Waals surface area contributed by atoms with Crippen LogP contribution in [-0.2, 0) is 13.6 Å². The van der Waals surface area contributed by atoms with Crippen LogP contribution in [0.2, 0.25) is 0 Å².